The van der Waals surface area contributed by atoms with Gasteiger partial charge in [-0.2, -0.15) is 0 Å². The Balaban J connectivity index is 0.00000480. The highest BCUT2D eigenvalue weighted by atomic mass is 127. The maximum Gasteiger partial charge on any atom is 0.240 e. The molecule has 0 heterocycles. The minimum Gasteiger partial charge on any atom is -0.383 e. The molecule has 0 bridgehead atoms. The van der Waals surface area contributed by atoms with E-state index < -0.39 is 10.0 Å². The SMILES string of the molecule is CN=C(NCCc1ccc(F)cc1C)NCc1cccc(S(=O)(=O)NCCOC)c1.I. The lowest BCUT2D eigenvalue weighted by atomic mass is 10.1. The Morgan fingerprint density at radius 3 is 2.58 bits per heavy atom. The van der Waals surface area contributed by atoms with Crippen molar-refractivity contribution in [2.75, 3.05) is 33.9 Å². The summed E-state index contributed by atoms with van der Waals surface area (Å²) in [7, 11) is -0.400. The standard InChI is InChI=1S/C21H29FN4O3S.HI/c1-16-13-19(22)8-7-18(16)9-10-24-21(23-2)25-15-17-5-4-6-20(14-17)30(27,28)26-11-12-29-3;/h4-8,13-14,26H,9-12,15H2,1-3H3,(H2,23,24,25);1H. The molecule has 2 aromatic carbocycles. The summed E-state index contributed by atoms with van der Waals surface area (Å²) in [5.41, 5.74) is 2.79. The fourth-order valence-corrected chi connectivity index (χ4v) is 3.93. The maximum atomic E-state index is 13.2. The largest absolute Gasteiger partial charge is 0.383 e. The Morgan fingerprint density at radius 2 is 1.90 bits per heavy atom. The molecule has 172 valence electrons. The van der Waals surface area contributed by atoms with Gasteiger partial charge in [0.1, 0.15) is 5.82 Å². The van der Waals surface area contributed by atoms with Gasteiger partial charge in [0.05, 0.1) is 11.5 Å². The van der Waals surface area contributed by atoms with Crippen LogP contribution in [0.25, 0.3) is 0 Å². The Labute approximate surface area is 201 Å². The summed E-state index contributed by atoms with van der Waals surface area (Å²) < 4.78 is 45.2. The van der Waals surface area contributed by atoms with Gasteiger partial charge in [-0.05, 0) is 54.3 Å². The van der Waals surface area contributed by atoms with Crippen LogP contribution in [0.1, 0.15) is 16.7 Å². The number of aliphatic imine (C=N–C) groups is 1. The van der Waals surface area contributed by atoms with Gasteiger partial charge in [-0.15, -0.1) is 24.0 Å². The van der Waals surface area contributed by atoms with Gasteiger partial charge in [0.15, 0.2) is 5.96 Å². The van der Waals surface area contributed by atoms with E-state index in [9.17, 15) is 12.8 Å². The molecule has 0 saturated carbocycles. The molecule has 10 heteroatoms. The highest BCUT2D eigenvalue weighted by Crippen LogP contribution is 2.12. The fraction of sp³-hybridized carbons (Fsp3) is 0.381. The zero-order chi connectivity index (χ0) is 22.0. The van der Waals surface area contributed by atoms with Crippen LogP contribution in [0.4, 0.5) is 4.39 Å². The lowest BCUT2D eigenvalue weighted by Gasteiger charge is -2.13. The number of guanidine groups is 1. The third-order valence-electron chi connectivity index (χ3n) is 4.48. The second-order valence-corrected chi connectivity index (χ2v) is 8.48. The molecule has 0 unspecified atom stereocenters. The summed E-state index contributed by atoms with van der Waals surface area (Å²) in [6, 6.07) is 11.5. The van der Waals surface area contributed by atoms with Crippen molar-refractivity contribution < 1.29 is 17.5 Å². The van der Waals surface area contributed by atoms with Crippen molar-refractivity contribution in [2.24, 2.45) is 4.99 Å². The monoisotopic (exact) mass is 564 g/mol. The quantitative estimate of drug-likeness (QED) is 0.179. The van der Waals surface area contributed by atoms with Crippen molar-refractivity contribution in [3.63, 3.8) is 0 Å². The van der Waals surface area contributed by atoms with Gasteiger partial charge in [0, 0.05) is 33.8 Å². The molecule has 0 aliphatic rings. The number of rotatable bonds is 10. The van der Waals surface area contributed by atoms with Crippen molar-refractivity contribution in [3.05, 3.63) is 65.0 Å². The molecule has 0 atom stereocenters. The molecule has 0 aromatic heterocycles. The predicted octanol–water partition coefficient (Wildman–Crippen LogP) is 2.58. The van der Waals surface area contributed by atoms with Gasteiger partial charge in [-0.1, -0.05) is 18.2 Å². The number of hydrogen-bond donors (Lipinski definition) is 3. The number of methoxy groups -OCH3 is 1. The van der Waals surface area contributed by atoms with Crippen molar-refractivity contribution in [1.82, 2.24) is 15.4 Å². The van der Waals surface area contributed by atoms with Crippen molar-refractivity contribution in [2.45, 2.75) is 24.8 Å². The average molecular weight is 564 g/mol. The predicted molar refractivity (Wildman–Crippen MR) is 132 cm³/mol. The van der Waals surface area contributed by atoms with Crippen LogP contribution in [0.2, 0.25) is 0 Å². The minimum atomic E-state index is -3.58. The number of halogens is 2. The van der Waals surface area contributed by atoms with Crippen LogP contribution in [0.3, 0.4) is 0 Å². The van der Waals surface area contributed by atoms with Crippen molar-refractivity contribution in [1.29, 1.82) is 0 Å². The smallest absolute Gasteiger partial charge is 0.240 e. The molecule has 0 spiro atoms. The molecule has 0 radical (unpaired) electrons. The van der Waals surface area contributed by atoms with E-state index >= 15 is 0 Å². The van der Waals surface area contributed by atoms with Crippen LogP contribution in [0.15, 0.2) is 52.4 Å². The van der Waals surface area contributed by atoms with Crippen LogP contribution >= 0.6 is 24.0 Å². The molecule has 2 rings (SSSR count). The lowest BCUT2D eigenvalue weighted by Crippen LogP contribution is -2.38. The first-order valence-electron chi connectivity index (χ1n) is 9.63. The summed E-state index contributed by atoms with van der Waals surface area (Å²) >= 11 is 0. The normalized spacial score (nSPS) is 11.7. The third kappa shape index (κ3) is 9.09. The number of hydrogen-bond acceptors (Lipinski definition) is 4. The Morgan fingerprint density at radius 1 is 1.13 bits per heavy atom. The third-order valence-corrected chi connectivity index (χ3v) is 5.94. The Bertz CT molecular complexity index is 971. The van der Waals surface area contributed by atoms with Crippen LogP contribution in [0.5, 0.6) is 0 Å². The molecule has 3 N–H and O–H groups in total. The number of aryl methyl sites for hydroxylation is 1. The van der Waals surface area contributed by atoms with Gasteiger partial charge in [-0.25, -0.2) is 17.5 Å². The van der Waals surface area contributed by atoms with Gasteiger partial charge in [-0.3, -0.25) is 4.99 Å². The summed E-state index contributed by atoms with van der Waals surface area (Å²) in [6.45, 7) is 3.45. The van der Waals surface area contributed by atoms with E-state index in [1.165, 1.54) is 19.2 Å². The van der Waals surface area contributed by atoms with E-state index in [2.05, 4.69) is 20.3 Å². The molecule has 0 amide bonds. The summed E-state index contributed by atoms with van der Waals surface area (Å²) in [6.07, 6.45) is 0.730. The number of ether oxygens (including phenoxy) is 1. The highest BCUT2D eigenvalue weighted by molar-refractivity contribution is 14.0. The summed E-state index contributed by atoms with van der Waals surface area (Å²) in [4.78, 5) is 4.38. The van der Waals surface area contributed by atoms with Crippen LogP contribution in [-0.4, -0.2) is 48.2 Å². The molecule has 31 heavy (non-hydrogen) atoms. The summed E-state index contributed by atoms with van der Waals surface area (Å²) in [5, 5.41) is 6.38. The molecule has 0 aliphatic carbocycles. The zero-order valence-electron chi connectivity index (χ0n) is 17.9. The molecular weight excluding hydrogens is 534 g/mol. The van der Waals surface area contributed by atoms with Crippen LogP contribution in [-0.2, 0) is 27.7 Å². The number of nitrogens with one attached hydrogen (secondary N) is 3. The zero-order valence-corrected chi connectivity index (χ0v) is 21.1. The highest BCUT2D eigenvalue weighted by Gasteiger charge is 2.13. The topological polar surface area (TPSA) is 91.8 Å². The molecular formula is C21H30FIN4O3S. The first-order chi connectivity index (χ1) is 14.4. The maximum absolute atomic E-state index is 13.2. The van der Waals surface area contributed by atoms with Crippen LogP contribution in [0, 0.1) is 12.7 Å². The molecule has 7 nitrogen and oxygen atoms in total. The van der Waals surface area contributed by atoms with Crippen molar-refractivity contribution >= 4 is 40.0 Å². The van der Waals surface area contributed by atoms with E-state index in [0.29, 0.717) is 25.7 Å². The minimum absolute atomic E-state index is 0. The van der Waals surface area contributed by atoms with Gasteiger partial charge >= 0.3 is 0 Å². The van der Waals surface area contributed by atoms with E-state index in [0.717, 1.165) is 23.1 Å². The molecule has 2 aromatic rings. The Kier molecular flexibility index (Phi) is 12.0. The van der Waals surface area contributed by atoms with Crippen LogP contribution < -0.4 is 15.4 Å². The molecule has 0 aliphatic heterocycles. The number of nitrogens with zero attached hydrogens (tertiary/aromatic N) is 1. The molecule has 0 saturated heterocycles. The first kappa shape index (κ1) is 27.3. The van der Waals surface area contributed by atoms with Crippen molar-refractivity contribution in [3.8, 4) is 0 Å². The average Bonchev–Trinajstić information content (AvgIpc) is 2.72. The van der Waals surface area contributed by atoms with E-state index in [-0.39, 0.29) is 41.2 Å². The summed E-state index contributed by atoms with van der Waals surface area (Å²) in [5.74, 6) is 0.362. The lowest BCUT2D eigenvalue weighted by molar-refractivity contribution is 0.204. The Hall–Kier alpha value is -1.76. The second-order valence-electron chi connectivity index (χ2n) is 6.71. The molecule has 0 fully saturated rings. The van der Waals surface area contributed by atoms with E-state index in [1.54, 1.807) is 31.3 Å². The first-order valence-corrected chi connectivity index (χ1v) is 11.1. The van der Waals surface area contributed by atoms with E-state index in [1.807, 2.05) is 13.0 Å². The van der Waals surface area contributed by atoms with Gasteiger partial charge in [0.2, 0.25) is 10.0 Å². The number of sulfonamides is 1. The second kappa shape index (κ2) is 13.6. The van der Waals surface area contributed by atoms with E-state index in [4.69, 9.17) is 4.74 Å². The van der Waals surface area contributed by atoms with Gasteiger partial charge in [0.25, 0.3) is 0 Å². The van der Waals surface area contributed by atoms with Gasteiger partial charge < -0.3 is 15.4 Å². The fourth-order valence-electron chi connectivity index (χ4n) is 2.85. The number of benzene rings is 2.